The average molecular weight is 446 g/mol. The van der Waals surface area contributed by atoms with E-state index in [0.717, 1.165) is 22.7 Å². The van der Waals surface area contributed by atoms with Crippen LogP contribution in [0.3, 0.4) is 0 Å². The van der Waals surface area contributed by atoms with E-state index in [9.17, 15) is 19.2 Å². The van der Waals surface area contributed by atoms with Gasteiger partial charge >= 0.3 is 11.9 Å². The van der Waals surface area contributed by atoms with E-state index in [0.29, 0.717) is 22.5 Å². The van der Waals surface area contributed by atoms with E-state index in [4.69, 9.17) is 10.2 Å². The van der Waals surface area contributed by atoms with Crippen LogP contribution in [0.5, 0.6) is 0 Å². The maximum Gasteiger partial charge on any atom is 0.309 e. The minimum absolute atomic E-state index is 0.229. The molecule has 10 nitrogen and oxygen atoms in total. The van der Waals surface area contributed by atoms with Gasteiger partial charge < -0.3 is 10.2 Å². The van der Waals surface area contributed by atoms with Crippen LogP contribution >= 0.6 is 22.7 Å². The van der Waals surface area contributed by atoms with Gasteiger partial charge in [-0.05, 0) is 24.3 Å². The maximum absolute atomic E-state index is 12.3. The molecule has 0 unspecified atom stereocenters. The van der Waals surface area contributed by atoms with Crippen LogP contribution < -0.4 is 10.6 Å². The normalized spacial score (nSPS) is 10.4. The summed E-state index contributed by atoms with van der Waals surface area (Å²) in [5.41, 5.74) is 1.28. The van der Waals surface area contributed by atoms with Crippen LogP contribution in [-0.2, 0) is 22.4 Å². The van der Waals surface area contributed by atoms with Crippen LogP contribution in [-0.4, -0.2) is 43.9 Å². The van der Waals surface area contributed by atoms with Crippen LogP contribution in [0.25, 0.3) is 0 Å². The van der Waals surface area contributed by atoms with E-state index < -0.39 is 23.8 Å². The van der Waals surface area contributed by atoms with Crippen molar-refractivity contribution in [2.45, 2.75) is 12.8 Å². The van der Waals surface area contributed by atoms with Crippen molar-refractivity contribution in [2.75, 3.05) is 10.6 Å². The van der Waals surface area contributed by atoms with E-state index in [-0.39, 0.29) is 23.1 Å². The Bertz CT molecular complexity index is 1020. The summed E-state index contributed by atoms with van der Waals surface area (Å²) in [6.45, 7) is 0. The number of hydrogen-bond donors (Lipinski definition) is 4. The number of amides is 2. The van der Waals surface area contributed by atoms with Crippen molar-refractivity contribution in [3.8, 4) is 0 Å². The third-order valence-corrected chi connectivity index (χ3v) is 5.23. The van der Waals surface area contributed by atoms with E-state index in [2.05, 4.69) is 20.6 Å². The highest BCUT2D eigenvalue weighted by molar-refractivity contribution is 7.14. The Kier molecular flexibility index (Phi) is 6.49. The van der Waals surface area contributed by atoms with Gasteiger partial charge in [-0.1, -0.05) is 0 Å². The van der Waals surface area contributed by atoms with E-state index in [1.165, 1.54) is 24.3 Å². The van der Waals surface area contributed by atoms with Crippen molar-refractivity contribution >= 4 is 56.7 Å². The minimum Gasteiger partial charge on any atom is -0.481 e. The molecule has 0 bridgehead atoms. The van der Waals surface area contributed by atoms with Gasteiger partial charge in [0.2, 0.25) is 0 Å². The fourth-order valence-corrected chi connectivity index (χ4v) is 3.72. The predicted octanol–water partition coefficient (Wildman–Crippen LogP) is 2.36. The van der Waals surface area contributed by atoms with Gasteiger partial charge in [0, 0.05) is 21.9 Å². The molecule has 0 aliphatic heterocycles. The second-order valence-corrected chi connectivity index (χ2v) is 7.63. The number of rotatable bonds is 8. The lowest BCUT2D eigenvalue weighted by molar-refractivity contribution is -0.137. The molecule has 0 aliphatic rings. The molecule has 0 atom stereocenters. The molecule has 0 saturated carbocycles. The zero-order valence-corrected chi connectivity index (χ0v) is 16.7. The molecule has 0 aliphatic carbocycles. The lowest BCUT2D eigenvalue weighted by atomic mass is 10.1. The summed E-state index contributed by atoms with van der Waals surface area (Å²) in [6.07, 6.45) is -0.458. The molecule has 2 aromatic heterocycles. The van der Waals surface area contributed by atoms with E-state index >= 15 is 0 Å². The Labute approximate surface area is 177 Å². The largest absolute Gasteiger partial charge is 0.481 e. The fourth-order valence-electron chi connectivity index (χ4n) is 2.31. The number of aliphatic carboxylic acids is 2. The van der Waals surface area contributed by atoms with E-state index in [1.807, 2.05) is 0 Å². The zero-order chi connectivity index (χ0) is 21.7. The Morgan fingerprint density at radius 2 is 1.10 bits per heavy atom. The monoisotopic (exact) mass is 446 g/mol. The number of carboxylic acids is 2. The number of anilines is 2. The highest BCUT2D eigenvalue weighted by atomic mass is 32.1. The first kappa shape index (κ1) is 21.1. The number of nitrogens with one attached hydrogen (secondary N) is 2. The first-order chi connectivity index (χ1) is 14.3. The number of carbonyl (C=O) groups excluding carboxylic acids is 2. The first-order valence-electron chi connectivity index (χ1n) is 8.35. The van der Waals surface area contributed by atoms with Gasteiger partial charge in [0.25, 0.3) is 11.8 Å². The van der Waals surface area contributed by atoms with Gasteiger partial charge in [-0.25, -0.2) is 9.97 Å². The lowest BCUT2D eigenvalue weighted by Crippen LogP contribution is -2.14. The van der Waals surface area contributed by atoms with Gasteiger partial charge in [-0.3, -0.25) is 29.8 Å². The second-order valence-electron chi connectivity index (χ2n) is 5.91. The molecule has 4 N–H and O–H groups in total. The van der Waals surface area contributed by atoms with Crippen molar-refractivity contribution in [1.29, 1.82) is 0 Å². The van der Waals surface area contributed by atoms with Crippen molar-refractivity contribution in [1.82, 2.24) is 9.97 Å². The standard InChI is InChI=1S/C18H14N4O6S2/c23-13(24)5-11-7-29-17(19-11)21-15(27)9-1-2-10(4-3-9)16(28)22-18-20-12(8-30-18)6-14(25)26/h1-4,7-8H,5-6H2,(H,23,24)(H,25,26)(H,19,21,27)(H,20,22,28). The van der Waals surface area contributed by atoms with Crippen molar-refractivity contribution in [3.05, 3.63) is 57.5 Å². The molecule has 30 heavy (non-hydrogen) atoms. The quantitative estimate of drug-likeness (QED) is 0.410. The number of hydrogen-bond acceptors (Lipinski definition) is 8. The number of carboxylic acid groups (broad SMARTS) is 2. The number of nitrogens with zero attached hydrogens (tertiary/aromatic N) is 2. The van der Waals surface area contributed by atoms with Crippen LogP contribution in [0, 0.1) is 0 Å². The van der Waals surface area contributed by atoms with Crippen molar-refractivity contribution in [2.24, 2.45) is 0 Å². The predicted molar refractivity (Wildman–Crippen MR) is 109 cm³/mol. The molecule has 3 rings (SSSR count). The molecule has 0 radical (unpaired) electrons. The van der Waals surface area contributed by atoms with Gasteiger partial charge in [-0.15, -0.1) is 22.7 Å². The summed E-state index contributed by atoms with van der Waals surface area (Å²) in [6, 6.07) is 5.86. The fraction of sp³-hybridized carbons (Fsp3) is 0.111. The lowest BCUT2D eigenvalue weighted by Gasteiger charge is -2.04. The maximum atomic E-state index is 12.3. The third kappa shape index (κ3) is 5.68. The van der Waals surface area contributed by atoms with Crippen LogP contribution in [0.2, 0.25) is 0 Å². The Morgan fingerprint density at radius 1 is 0.733 bits per heavy atom. The summed E-state index contributed by atoms with van der Waals surface area (Å²) >= 11 is 2.23. The third-order valence-electron chi connectivity index (χ3n) is 3.62. The van der Waals surface area contributed by atoms with Gasteiger partial charge in [0.1, 0.15) is 0 Å². The molecule has 2 amide bonds. The van der Waals surface area contributed by atoms with Gasteiger partial charge in [-0.2, -0.15) is 0 Å². The summed E-state index contributed by atoms with van der Waals surface area (Å²) in [4.78, 5) is 54.0. The molecule has 0 saturated heterocycles. The molecule has 12 heteroatoms. The molecule has 0 fully saturated rings. The minimum atomic E-state index is -1.01. The second kappa shape index (κ2) is 9.24. The highest BCUT2D eigenvalue weighted by Crippen LogP contribution is 2.19. The van der Waals surface area contributed by atoms with Crippen molar-refractivity contribution < 1.29 is 29.4 Å². The highest BCUT2D eigenvalue weighted by Gasteiger charge is 2.14. The van der Waals surface area contributed by atoms with Crippen LogP contribution in [0.4, 0.5) is 10.3 Å². The van der Waals surface area contributed by atoms with Crippen molar-refractivity contribution in [3.63, 3.8) is 0 Å². The topological polar surface area (TPSA) is 159 Å². The van der Waals surface area contributed by atoms with Gasteiger partial charge in [0.15, 0.2) is 10.3 Å². The smallest absolute Gasteiger partial charge is 0.309 e. The number of thiazole rings is 2. The SMILES string of the molecule is O=C(O)Cc1csc(NC(=O)c2ccc(C(=O)Nc3nc(CC(=O)O)cs3)cc2)n1. The molecule has 154 valence electrons. The molecular weight excluding hydrogens is 432 g/mol. The van der Waals surface area contributed by atoms with Gasteiger partial charge in [0.05, 0.1) is 24.2 Å². The van der Waals surface area contributed by atoms with E-state index in [1.54, 1.807) is 10.8 Å². The number of aromatic nitrogens is 2. The first-order valence-corrected chi connectivity index (χ1v) is 10.1. The Balaban J connectivity index is 1.59. The molecule has 2 heterocycles. The summed E-state index contributed by atoms with van der Waals surface area (Å²) in [5.74, 6) is -2.92. The van der Waals surface area contributed by atoms with Crippen LogP contribution in [0.15, 0.2) is 35.0 Å². The molecular formula is C18H14N4O6S2. The van der Waals surface area contributed by atoms with Crippen LogP contribution in [0.1, 0.15) is 32.1 Å². The molecule has 1 aromatic carbocycles. The Morgan fingerprint density at radius 3 is 1.43 bits per heavy atom. The Hall–Kier alpha value is -3.64. The number of carbonyl (C=O) groups is 4. The average Bonchev–Trinajstić information content (AvgIpc) is 3.30. The summed E-state index contributed by atoms with van der Waals surface area (Å²) in [5, 5.41) is 26.3. The molecule has 0 spiro atoms. The molecule has 3 aromatic rings. The summed E-state index contributed by atoms with van der Waals surface area (Å²) in [7, 11) is 0. The number of benzene rings is 1. The summed E-state index contributed by atoms with van der Waals surface area (Å²) < 4.78 is 0. The zero-order valence-electron chi connectivity index (χ0n) is 15.1.